The van der Waals surface area contributed by atoms with Crippen molar-refractivity contribution in [2.75, 3.05) is 0 Å². The van der Waals surface area contributed by atoms with Crippen LogP contribution in [0.1, 0.15) is 125 Å². The number of hydrogen-bond acceptors (Lipinski definition) is 1. The Morgan fingerprint density at radius 2 is 1.04 bits per heavy atom. The van der Waals surface area contributed by atoms with Crippen molar-refractivity contribution in [1.29, 1.82) is 0 Å². The average molecular weight is 326 g/mol. The number of hydrogen-bond donors (Lipinski definition) is 1. The van der Waals surface area contributed by atoms with E-state index in [9.17, 15) is 0 Å². The highest BCUT2D eigenvalue weighted by Gasteiger charge is 2.11. The van der Waals surface area contributed by atoms with Crippen molar-refractivity contribution in [1.82, 2.24) is 5.32 Å². The summed E-state index contributed by atoms with van der Waals surface area (Å²) in [6.45, 7) is 11.8. The summed E-state index contributed by atoms with van der Waals surface area (Å²) in [4.78, 5) is 0. The Kier molecular flexibility index (Phi) is 16.8. The molecule has 0 bridgehead atoms. The molecule has 0 radical (unpaired) electrons. The number of unbranched alkanes of at least 4 members (excludes halogenated alkanes) is 5. The zero-order chi connectivity index (χ0) is 17.3. The third-order valence-electron chi connectivity index (χ3n) is 5.22. The smallest absolute Gasteiger partial charge is 0.00695 e. The summed E-state index contributed by atoms with van der Waals surface area (Å²) in [5, 5.41) is 3.93. The van der Waals surface area contributed by atoms with Gasteiger partial charge in [-0.15, -0.1) is 0 Å². The molecular formula is C22H47N. The molecule has 0 aliphatic rings. The maximum atomic E-state index is 3.93. The summed E-state index contributed by atoms with van der Waals surface area (Å²) in [7, 11) is 0. The Morgan fingerprint density at radius 3 is 1.70 bits per heavy atom. The molecular weight excluding hydrogens is 278 g/mol. The summed E-state index contributed by atoms with van der Waals surface area (Å²) in [6, 6.07) is 1.46. The predicted molar refractivity (Wildman–Crippen MR) is 107 cm³/mol. The summed E-state index contributed by atoms with van der Waals surface area (Å²) < 4.78 is 0. The van der Waals surface area contributed by atoms with Crippen LogP contribution in [0.3, 0.4) is 0 Å². The standard InChI is InChI=1S/C22H47N/c1-6-9-12-19-22(18-11-8-3)23-21(5)17-14-13-16-20(4)15-10-7-2/h20-23H,6-19H2,1-5H3. The maximum absolute atomic E-state index is 3.93. The summed E-state index contributed by atoms with van der Waals surface area (Å²) in [6.07, 6.45) is 19.4. The minimum Gasteiger partial charge on any atom is -0.312 e. The molecule has 0 aromatic carbocycles. The highest BCUT2D eigenvalue weighted by molar-refractivity contribution is 4.72. The maximum Gasteiger partial charge on any atom is 0.00695 e. The van der Waals surface area contributed by atoms with Crippen LogP contribution in [0.25, 0.3) is 0 Å². The highest BCUT2D eigenvalue weighted by Crippen LogP contribution is 2.17. The van der Waals surface area contributed by atoms with Gasteiger partial charge < -0.3 is 5.32 Å². The van der Waals surface area contributed by atoms with Crippen molar-refractivity contribution in [2.24, 2.45) is 5.92 Å². The van der Waals surface area contributed by atoms with Crippen molar-refractivity contribution in [3.05, 3.63) is 0 Å². The van der Waals surface area contributed by atoms with Gasteiger partial charge in [0.25, 0.3) is 0 Å². The Labute approximate surface area is 148 Å². The molecule has 0 aliphatic heterocycles. The van der Waals surface area contributed by atoms with Crippen LogP contribution in [0.2, 0.25) is 0 Å². The van der Waals surface area contributed by atoms with E-state index in [4.69, 9.17) is 0 Å². The molecule has 0 aromatic rings. The predicted octanol–water partition coefficient (Wildman–Crippen LogP) is 7.49. The zero-order valence-corrected chi connectivity index (χ0v) is 17.1. The first-order valence-electron chi connectivity index (χ1n) is 10.9. The second kappa shape index (κ2) is 16.8. The normalized spacial score (nSPS) is 15.5. The van der Waals surface area contributed by atoms with Gasteiger partial charge in [0.1, 0.15) is 0 Å². The molecule has 3 atom stereocenters. The van der Waals surface area contributed by atoms with Crippen molar-refractivity contribution >= 4 is 0 Å². The van der Waals surface area contributed by atoms with E-state index in [1.165, 1.54) is 89.9 Å². The molecule has 23 heavy (non-hydrogen) atoms. The van der Waals surface area contributed by atoms with Crippen LogP contribution in [0.4, 0.5) is 0 Å². The fourth-order valence-electron chi connectivity index (χ4n) is 3.53. The minimum absolute atomic E-state index is 0.699. The van der Waals surface area contributed by atoms with Gasteiger partial charge in [-0.3, -0.25) is 0 Å². The molecule has 0 spiro atoms. The van der Waals surface area contributed by atoms with Crippen LogP contribution in [0.5, 0.6) is 0 Å². The average Bonchev–Trinajstić information content (AvgIpc) is 2.54. The second-order valence-electron chi connectivity index (χ2n) is 7.93. The van der Waals surface area contributed by atoms with E-state index in [0.717, 1.165) is 12.0 Å². The first-order valence-corrected chi connectivity index (χ1v) is 10.9. The molecule has 0 saturated heterocycles. The largest absolute Gasteiger partial charge is 0.312 e. The molecule has 0 aliphatic carbocycles. The molecule has 0 fully saturated rings. The van der Waals surface area contributed by atoms with Crippen molar-refractivity contribution in [2.45, 2.75) is 137 Å². The van der Waals surface area contributed by atoms with Crippen LogP contribution in [0.15, 0.2) is 0 Å². The zero-order valence-electron chi connectivity index (χ0n) is 17.1. The van der Waals surface area contributed by atoms with Gasteiger partial charge in [-0.25, -0.2) is 0 Å². The lowest BCUT2D eigenvalue weighted by atomic mass is 9.96. The van der Waals surface area contributed by atoms with Gasteiger partial charge in [0.05, 0.1) is 0 Å². The number of rotatable bonds is 17. The second-order valence-corrected chi connectivity index (χ2v) is 7.93. The van der Waals surface area contributed by atoms with Gasteiger partial charge >= 0.3 is 0 Å². The Bertz CT molecular complexity index is 226. The fourth-order valence-corrected chi connectivity index (χ4v) is 3.53. The van der Waals surface area contributed by atoms with Crippen LogP contribution >= 0.6 is 0 Å². The van der Waals surface area contributed by atoms with Crippen molar-refractivity contribution in [3.63, 3.8) is 0 Å². The molecule has 1 nitrogen and oxygen atoms in total. The van der Waals surface area contributed by atoms with E-state index in [1.807, 2.05) is 0 Å². The molecule has 0 aromatic heterocycles. The van der Waals surface area contributed by atoms with Gasteiger partial charge in [0.2, 0.25) is 0 Å². The lowest BCUT2D eigenvalue weighted by molar-refractivity contribution is 0.360. The number of nitrogens with one attached hydrogen (secondary N) is 1. The summed E-state index contributed by atoms with van der Waals surface area (Å²) >= 11 is 0. The third kappa shape index (κ3) is 15.2. The van der Waals surface area contributed by atoms with Gasteiger partial charge in [0.15, 0.2) is 0 Å². The van der Waals surface area contributed by atoms with Gasteiger partial charge in [-0.05, 0) is 32.1 Å². The molecule has 0 rings (SSSR count). The first-order chi connectivity index (χ1) is 11.1. The summed E-state index contributed by atoms with van der Waals surface area (Å²) in [5.74, 6) is 0.935. The lowest BCUT2D eigenvalue weighted by Gasteiger charge is -2.24. The Balaban J connectivity index is 3.81. The lowest BCUT2D eigenvalue weighted by Crippen LogP contribution is -2.36. The van der Waals surface area contributed by atoms with Gasteiger partial charge in [0, 0.05) is 12.1 Å². The summed E-state index contributed by atoms with van der Waals surface area (Å²) in [5.41, 5.74) is 0. The van der Waals surface area contributed by atoms with Crippen LogP contribution < -0.4 is 5.32 Å². The van der Waals surface area contributed by atoms with Crippen molar-refractivity contribution in [3.8, 4) is 0 Å². The Morgan fingerprint density at radius 1 is 0.565 bits per heavy atom. The highest BCUT2D eigenvalue weighted by atomic mass is 14.9. The van der Waals surface area contributed by atoms with E-state index in [-0.39, 0.29) is 0 Å². The topological polar surface area (TPSA) is 12.0 Å². The molecule has 140 valence electrons. The SMILES string of the molecule is CCCCCC(CCCC)NC(C)CCCCC(C)CCCC. The molecule has 1 N–H and O–H groups in total. The van der Waals surface area contributed by atoms with Crippen LogP contribution in [-0.4, -0.2) is 12.1 Å². The van der Waals surface area contributed by atoms with Crippen LogP contribution in [-0.2, 0) is 0 Å². The third-order valence-corrected chi connectivity index (χ3v) is 5.22. The van der Waals surface area contributed by atoms with E-state index >= 15 is 0 Å². The van der Waals surface area contributed by atoms with E-state index in [2.05, 4.69) is 39.9 Å². The van der Waals surface area contributed by atoms with Crippen LogP contribution in [0, 0.1) is 5.92 Å². The Hall–Kier alpha value is -0.0400. The fraction of sp³-hybridized carbons (Fsp3) is 1.00. The molecule has 3 unspecified atom stereocenters. The van der Waals surface area contributed by atoms with E-state index in [0.29, 0.717) is 6.04 Å². The molecule has 1 heteroatoms. The monoisotopic (exact) mass is 325 g/mol. The van der Waals surface area contributed by atoms with Crippen molar-refractivity contribution < 1.29 is 0 Å². The van der Waals surface area contributed by atoms with E-state index < -0.39 is 0 Å². The first kappa shape index (κ1) is 23.0. The van der Waals surface area contributed by atoms with Gasteiger partial charge in [-0.1, -0.05) is 98.3 Å². The molecule has 0 amide bonds. The minimum atomic E-state index is 0.699. The quantitative estimate of drug-likeness (QED) is 0.273. The molecule has 0 heterocycles. The van der Waals surface area contributed by atoms with Gasteiger partial charge in [-0.2, -0.15) is 0 Å². The van der Waals surface area contributed by atoms with E-state index in [1.54, 1.807) is 0 Å². The molecule has 0 saturated carbocycles.